The van der Waals surface area contributed by atoms with E-state index in [1.165, 1.54) is 4.88 Å². The van der Waals surface area contributed by atoms with Gasteiger partial charge in [-0.25, -0.2) is 0 Å². The zero-order valence-electron chi connectivity index (χ0n) is 9.54. The molecule has 0 bridgehead atoms. The van der Waals surface area contributed by atoms with Crippen LogP contribution in [0.2, 0.25) is 4.34 Å². The lowest BCUT2D eigenvalue weighted by Crippen LogP contribution is -2.38. The van der Waals surface area contributed by atoms with E-state index in [0.717, 1.165) is 36.8 Å². The third kappa shape index (κ3) is 3.74. The van der Waals surface area contributed by atoms with E-state index in [1.54, 1.807) is 11.3 Å². The summed E-state index contributed by atoms with van der Waals surface area (Å²) in [6.07, 6.45) is 3.74. The molecule has 0 radical (unpaired) electrons. The van der Waals surface area contributed by atoms with Crippen molar-refractivity contribution in [3.05, 3.63) is 21.3 Å². The van der Waals surface area contributed by atoms with E-state index in [9.17, 15) is 0 Å². The fourth-order valence-electron chi connectivity index (χ4n) is 2.07. The molecule has 0 spiro atoms. The second-order valence-electron chi connectivity index (χ2n) is 4.31. The number of nitrogens with one attached hydrogen (secondary N) is 1. The Morgan fingerprint density at radius 1 is 1.56 bits per heavy atom. The molecule has 2 rings (SSSR count). The van der Waals surface area contributed by atoms with E-state index in [4.69, 9.17) is 16.3 Å². The van der Waals surface area contributed by atoms with Crippen molar-refractivity contribution in [1.82, 2.24) is 5.32 Å². The van der Waals surface area contributed by atoms with Crippen molar-refractivity contribution in [3.8, 4) is 0 Å². The van der Waals surface area contributed by atoms with Crippen molar-refractivity contribution in [3.63, 3.8) is 0 Å². The highest BCUT2D eigenvalue weighted by molar-refractivity contribution is 7.16. The van der Waals surface area contributed by atoms with Crippen LogP contribution in [0.4, 0.5) is 0 Å². The number of ether oxygens (including phenoxy) is 1. The zero-order chi connectivity index (χ0) is 11.4. The average molecular weight is 260 g/mol. The number of hydrogen-bond donors (Lipinski definition) is 1. The van der Waals surface area contributed by atoms with Gasteiger partial charge >= 0.3 is 0 Å². The van der Waals surface area contributed by atoms with Crippen LogP contribution >= 0.6 is 22.9 Å². The summed E-state index contributed by atoms with van der Waals surface area (Å²) in [5.41, 5.74) is 0. The summed E-state index contributed by atoms with van der Waals surface area (Å²) in [6, 6.07) is 4.71. The van der Waals surface area contributed by atoms with Gasteiger partial charge in [0.2, 0.25) is 0 Å². The van der Waals surface area contributed by atoms with Gasteiger partial charge < -0.3 is 10.1 Å². The van der Waals surface area contributed by atoms with Crippen LogP contribution < -0.4 is 5.32 Å². The topological polar surface area (TPSA) is 21.3 Å². The summed E-state index contributed by atoms with van der Waals surface area (Å²) < 4.78 is 6.40. The largest absolute Gasteiger partial charge is 0.378 e. The standard InChI is InChI=1S/C12H18ClNOS/c1-9-8-10(5-7-15-9)14-6-4-11-2-3-12(13)16-11/h2-3,9-10,14H,4-8H2,1H3. The van der Waals surface area contributed by atoms with Gasteiger partial charge in [0.1, 0.15) is 0 Å². The molecule has 1 aliphatic heterocycles. The lowest BCUT2D eigenvalue weighted by atomic mass is 10.0. The lowest BCUT2D eigenvalue weighted by molar-refractivity contribution is 0.0135. The average Bonchev–Trinajstić information content (AvgIpc) is 2.64. The Bertz CT molecular complexity index is 329. The fraction of sp³-hybridized carbons (Fsp3) is 0.667. The van der Waals surface area contributed by atoms with Crippen molar-refractivity contribution in [2.24, 2.45) is 0 Å². The second kappa shape index (κ2) is 6.01. The Morgan fingerprint density at radius 2 is 2.44 bits per heavy atom. The third-order valence-electron chi connectivity index (χ3n) is 2.92. The first kappa shape index (κ1) is 12.4. The highest BCUT2D eigenvalue weighted by Gasteiger charge is 2.18. The molecule has 1 aromatic rings. The highest BCUT2D eigenvalue weighted by atomic mass is 35.5. The molecule has 0 aromatic carbocycles. The van der Waals surface area contributed by atoms with E-state index in [2.05, 4.69) is 18.3 Å². The molecular formula is C12H18ClNOS. The van der Waals surface area contributed by atoms with E-state index < -0.39 is 0 Å². The number of halogens is 1. The van der Waals surface area contributed by atoms with Gasteiger partial charge in [0.05, 0.1) is 10.4 Å². The highest BCUT2D eigenvalue weighted by Crippen LogP contribution is 2.21. The molecule has 2 unspecified atom stereocenters. The van der Waals surface area contributed by atoms with Crippen LogP contribution in [0.3, 0.4) is 0 Å². The van der Waals surface area contributed by atoms with Gasteiger partial charge in [0.15, 0.2) is 0 Å². The maximum atomic E-state index is 5.89. The van der Waals surface area contributed by atoms with E-state index >= 15 is 0 Å². The number of hydrogen-bond acceptors (Lipinski definition) is 3. The Labute approximate surface area is 106 Å². The molecule has 2 atom stereocenters. The third-order valence-corrected chi connectivity index (χ3v) is 4.21. The fourth-order valence-corrected chi connectivity index (χ4v) is 3.16. The van der Waals surface area contributed by atoms with Gasteiger partial charge in [-0.15, -0.1) is 11.3 Å². The molecule has 4 heteroatoms. The molecule has 2 nitrogen and oxygen atoms in total. The molecule has 16 heavy (non-hydrogen) atoms. The summed E-state index contributed by atoms with van der Waals surface area (Å²) in [5, 5.41) is 3.59. The molecule has 0 aliphatic carbocycles. The minimum absolute atomic E-state index is 0.405. The summed E-state index contributed by atoms with van der Waals surface area (Å²) >= 11 is 7.56. The summed E-state index contributed by atoms with van der Waals surface area (Å²) in [4.78, 5) is 1.36. The van der Waals surface area contributed by atoms with E-state index in [0.29, 0.717) is 12.1 Å². The van der Waals surface area contributed by atoms with Crippen LogP contribution in [-0.2, 0) is 11.2 Å². The van der Waals surface area contributed by atoms with Crippen molar-refractivity contribution in [2.45, 2.75) is 38.3 Å². The molecule has 0 saturated carbocycles. The lowest BCUT2D eigenvalue weighted by Gasteiger charge is -2.28. The predicted molar refractivity (Wildman–Crippen MR) is 69.5 cm³/mol. The number of thiophene rings is 1. The summed E-state index contributed by atoms with van der Waals surface area (Å²) in [5.74, 6) is 0. The minimum atomic E-state index is 0.405. The molecule has 1 fully saturated rings. The Morgan fingerprint density at radius 3 is 3.12 bits per heavy atom. The minimum Gasteiger partial charge on any atom is -0.378 e. The zero-order valence-corrected chi connectivity index (χ0v) is 11.1. The van der Waals surface area contributed by atoms with Gasteiger partial charge in [0, 0.05) is 24.1 Å². The van der Waals surface area contributed by atoms with Crippen molar-refractivity contribution in [2.75, 3.05) is 13.2 Å². The first-order chi connectivity index (χ1) is 7.74. The van der Waals surface area contributed by atoms with Crippen LogP contribution in [0.15, 0.2) is 12.1 Å². The Balaban J connectivity index is 1.67. The second-order valence-corrected chi connectivity index (χ2v) is 6.11. The molecule has 1 aromatic heterocycles. The van der Waals surface area contributed by atoms with Gasteiger partial charge in [-0.1, -0.05) is 11.6 Å². The van der Waals surface area contributed by atoms with Crippen LogP contribution in [0.25, 0.3) is 0 Å². The molecular weight excluding hydrogens is 242 g/mol. The summed E-state index contributed by atoms with van der Waals surface area (Å²) in [7, 11) is 0. The van der Waals surface area contributed by atoms with E-state index in [1.807, 2.05) is 6.07 Å². The van der Waals surface area contributed by atoms with Crippen LogP contribution in [-0.4, -0.2) is 25.3 Å². The Kier molecular flexibility index (Phi) is 4.65. The van der Waals surface area contributed by atoms with Gasteiger partial charge in [-0.05, 0) is 38.3 Å². The first-order valence-electron chi connectivity index (χ1n) is 5.83. The normalized spacial score (nSPS) is 25.9. The van der Waals surface area contributed by atoms with E-state index in [-0.39, 0.29) is 0 Å². The number of rotatable bonds is 4. The van der Waals surface area contributed by atoms with Gasteiger partial charge in [0.25, 0.3) is 0 Å². The van der Waals surface area contributed by atoms with Crippen molar-refractivity contribution >= 4 is 22.9 Å². The molecule has 1 aliphatic rings. The molecule has 1 saturated heterocycles. The van der Waals surface area contributed by atoms with Crippen molar-refractivity contribution < 1.29 is 4.74 Å². The first-order valence-corrected chi connectivity index (χ1v) is 7.02. The summed E-state index contributed by atoms with van der Waals surface area (Å²) in [6.45, 7) is 4.07. The van der Waals surface area contributed by atoms with Crippen LogP contribution in [0.1, 0.15) is 24.6 Å². The van der Waals surface area contributed by atoms with Gasteiger partial charge in [-0.2, -0.15) is 0 Å². The maximum Gasteiger partial charge on any atom is 0.0931 e. The quantitative estimate of drug-likeness (QED) is 0.897. The molecule has 1 N–H and O–H groups in total. The van der Waals surface area contributed by atoms with Crippen LogP contribution in [0.5, 0.6) is 0 Å². The SMILES string of the molecule is CC1CC(NCCc2ccc(Cl)s2)CCO1. The Hall–Kier alpha value is -0.0900. The van der Waals surface area contributed by atoms with Gasteiger partial charge in [-0.3, -0.25) is 0 Å². The predicted octanol–water partition coefficient (Wildman–Crippen LogP) is 3.10. The molecule has 0 amide bonds. The smallest absolute Gasteiger partial charge is 0.0931 e. The molecule has 90 valence electrons. The monoisotopic (exact) mass is 259 g/mol. The molecule has 2 heterocycles. The van der Waals surface area contributed by atoms with Crippen molar-refractivity contribution in [1.29, 1.82) is 0 Å². The van der Waals surface area contributed by atoms with Crippen LogP contribution in [0, 0.1) is 0 Å². The maximum absolute atomic E-state index is 5.89.